The Morgan fingerprint density at radius 2 is 2.09 bits per heavy atom. The fourth-order valence-corrected chi connectivity index (χ4v) is 3.16. The largest absolute Gasteiger partial charge is 0.497 e. The highest BCUT2D eigenvalue weighted by atomic mass is 79.9. The van der Waals surface area contributed by atoms with Crippen LogP contribution in [0.2, 0.25) is 0 Å². The third-order valence-corrected chi connectivity index (χ3v) is 4.80. The van der Waals surface area contributed by atoms with Gasteiger partial charge in [-0.2, -0.15) is 0 Å². The zero-order valence-corrected chi connectivity index (χ0v) is 15.5. The van der Waals surface area contributed by atoms with Gasteiger partial charge in [-0.05, 0) is 72.9 Å². The number of nitrogens with zero attached hydrogens (tertiary/aromatic N) is 1. The van der Waals surface area contributed by atoms with Crippen molar-refractivity contribution in [2.45, 2.75) is 19.3 Å². The summed E-state index contributed by atoms with van der Waals surface area (Å²) in [6.45, 7) is 2.74. The van der Waals surface area contributed by atoms with Crippen LogP contribution in [0.5, 0.6) is 5.75 Å². The van der Waals surface area contributed by atoms with Gasteiger partial charge in [0.05, 0.1) is 12.7 Å². The minimum Gasteiger partial charge on any atom is -0.497 e. The number of halogens is 2. The summed E-state index contributed by atoms with van der Waals surface area (Å²) < 4.78 is 6.03. The average Bonchev–Trinajstić information content (AvgIpc) is 2.53. The molecule has 0 radical (unpaired) electrons. The van der Waals surface area contributed by atoms with Crippen LogP contribution in [0.15, 0.2) is 22.7 Å². The lowest BCUT2D eigenvalue weighted by molar-refractivity contribution is 0.0686. The Morgan fingerprint density at radius 3 is 2.68 bits per heavy atom. The number of ether oxygens (including phenoxy) is 1. The summed E-state index contributed by atoms with van der Waals surface area (Å²) >= 11 is 3.46. The van der Waals surface area contributed by atoms with Crippen LogP contribution in [-0.4, -0.2) is 44.6 Å². The average molecular weight is 392 g/mol. The lowest BCUT2D eigenvalue weighted by Gasteiger charge is -2.32. The van der Waals surface area contributed by atoms with Crippen LogP contribution in [-0.2, 0) is 0 Å². The van der Waals surface area contributed by atoms with E-state index in [-0.39, 0.29) is 18.3 Å². The molecular formula is C16H24BrClN2O2. The fraction of sp³-hybridized carbons (Fsp3) is 0.562. The maximum atomic E-state index is 12.6. The molecule has 1 saturated heterocycles. The standard InChI is InChI=1S/C16H23BrN2O2.ClH/c1-18-8-5-12-6-9-19(10-7-12)16(20)14-11-13(21-2)3-4-15(14)17;/h3-4,11-12,18H,5-10H2,1-2H3;1H. The molecule has 0 atom stereocenters. The highest BCUT2D eigenvalue weighted by Gasteiger charge is 2.24. The minimum atomic E-state index is 0. The molecule has 2 rings (SSSR count). The number of hydrogen-bond donors (Lipinski definition) is 1. The highest BCUT2D eigenvalue weighted by Crippen LogP contribution is 2.26. The maximum absolute atomic E-state index is 12.6. The molecule has 1 aromatic rings. The first kappa shape index (κ1) is 19.3. The molecule has 1 aromatic carbocycles. The number of amides is 1. The molecule has 4 nitrogen and oxygen atoms in total. The lowest BCUT2D eigenvalue weighted by Crippen LogP contribution is -2.39. The van der Waals surface area contributed by atoms with Gasteiger partial charge in [-0.25, -0.2) is 0 Å². The van der Waals surface area contributed by atoms with Crippen molar-refractivity contribution in [2.24, 2.45) is 5.92 Å². The van der Waals surface area contributed by atoms with Gasteiger partial charge >= 0.3 is 0 Å². The second-order valence-electron chi connectivity index (χ2n) is 5.47. The number of nitrogens with one attached hydrogen (secondary N) is 1. The SMILES string of the molecule is CNCCC1CCN(C(=O)c2cc(OC)ccc2Br)CC1.Cl. The van der Waals surface area contributed by atoms with Gasteiger partial charge in [0, 0.05) is 17.6 Å². The van der Waals surface area contributed by atoms with Crippen LogP contribution >= 0.6 is 28.3 Å². The summed E-state index contributed by atoms with van der Waals surface area (Å²) in [7, 11) is 3.60. The zero-order valence-electron chi connectivity index (χ0n) is 13.1. The molecule has 6 heteroatoms. The predicted octanol–water partition coefficient (Wildman–Crippen LogP) is 3.34. The van der Waals surface area contributed by atoms with Crippen LogP contribution in [0.4, 0.5) is 0 Å². The normalized spacial score (nSPS) is 15.3. The molecule has 22 heavy (non-hydrogen) atoms. The maximum Gasteiger partial charge on any atom is 0.255 e. The first-order valence-electron chi connectivity index (χ1n) is 7.43. The molecule has 0 spiro atoms. The molecular weight excluding hydrogens is 368 g/mol. The van der Waals surface area contributed by atoms with Crippen LogP contribution in [0, 0.1) is 5.92 Å². The molecule has 1 fully saturated rings. The Hall–Kier alpha value is -0.780. The zero-order chi connectivity index (χ0) is 15.2. The lowest BCUT2D eigenvalue weighted by atomic mass is 9.93. The Balaban J connectivity index is 0.00000242. The predicted molar refractivity (Wildman–Crippen MR) is 95.1 cm³/mol. The summed E-state index contributed by atoms with van der Waals surface area (Å²) in [5.74, 6) is 1.54. The van der Waals surface area contributed by atoms with Gasteiger partial charge in [-0.15, -0.1) is 12.4 Å². The quantitative estimate of drug-likeness (QED) is 0.837. The second-order valence-corrected chi connectivity index (χ2v) is 6.33. The molecule has 0 aliphatic carbocycles. The van der Waals surface area contributed by atoms with Crippen molar-refractivity contribution in [3.8, 4) is 5.75 Å². The van der Waals surface area contributed by atoms with Gasteiger partial charge in [0.1, 0.15) is 5.75 Å². The van der Waals surface area contributed by atoms with Gasteiger partial charge < -0.3 is 15.0 Å². The first-order chi connectivity index (χ1) is 10.2. The van der Waals surface area contributed by atoms with Crippen LogP contribution in [0.25, 0.3) is 0 Å². The van der Waals surface area contributed by atoms with E-state index in [9.17, 15) is 4.79 Å². The minimum absolute atomic E-state index is 0. The number of carbonyl (C=O) groups is 1. The highest BCUT2D eigenvalue weighted by molar-refractivity contribution is 9.10. The van der Waals surface area contributed by atoms with Gasteiger partial charge in [0.25, 0.3) is 5.91 Å². The fourth-order valence-electron chi connectivity index (χ4n) is 2.74. The number of likely N-dealkylation sites (tertiary alicyclic amines) is 1. The van der Waals surface area contributed by atoms with Crippen molar-refractivity contribution in [3.05, 3.63) is 28.2 Å². The molecule has 1 aliphatic heterocycles. The molecule has 0 unspecified atom stereocenters. The summed E-state index contributed by atoms with van der Waals surface area (Å²) in [5.41, 5.74) is 0.683. The number of piperidine rings is 1. The van der Waals surface area contributed by atoms with Crippen LogP contribution in [0.3, 0.4) is 0 Å². The van der Waals surface area contributed by atoms with E-state index in [0.717, 1.165) is 42.9 Å². The Morgan fingerprint density at radius 1 is 1.41 bits per heavy atom. The van der Waals surface area contributed by atoms with Crippen LogP contribution in [0.1, 0.15) is 29.6 Å². The number of hydrogen-bond acceptors (Lipinski definition) is 3. The second kappa shape index (κ2) is 9.38. The molecule has 0 aromatic heterocycles. The number of methoxy groups -OCH3 is 1. The van der Waals surface area contributed by atoms with Crippen molar-refractivity contribution in [3.63, 3.8) is 0 Å². The molecule has 1 heterocycles. The van der Waals surface area contributed by atoms with Gasteiger partial charge in [-0.1, -0.05) is 0 Å². The van der Waals surface area contributed by atoms with E-state index >= 15 is 0 Å². The number of rotatable bonds is 5. The van der Waals surface area contributed by atoms with Crippen LogP contribution < -0.4 is 10.1 Å². The van der Waals surface area contributed by atoms with E-state index < -0.39 is 0 Å². The van der Waals surface area contributed by atoms with Crippen molar-refractivity contribution >= 4 is 34.2 Å². The number of benzene rings is 1. The number of carbonyl (C=O) groups excluding carboxylic acids is 1. The third-order valence-electron chi connectivity index (χ3n) is 4.11. The van der Waals surface area contributed by atoms with Crippen molar-refractivity contribution in [1.29, 1.82) is 0 Å². The first-order valence-corrected chi connectivity index (χ1v) is 8.22. The summed E-state index contributed by atoms with van der Waals surface area (Å²) in [4.78, 5) is 14.6. The van der Waals surface area contributed by atoms with Crippen molar-refractivity contribution in [2.75, 3.05) is 33.8 Å². The van der Waals surface area contributed by atoms with E-state index in [4.69, 9.17) is 4.74 Å². The summed E-state index contributed by atoms with van der Waals surface area (Å²) in [6, 6.07) is 5.52. The molecule has 1 aliphatic rings. The third kappa shape index (κ3) is 4.86. The van der Waals surface area contributed by atoms with Crippen molar-refractivity contribution in [1.82, 2.24) is 10.2 Å². The molecule has 1 amide bonds. The Bertz CT molecular complexity index is 491. The van der Waals surface area contributed by atoms with Crippen molar-refractivity contribution < 1.29 is 9.53 Å². The monoisotopic (exact) mass is 390 g/mol. The topological polar surface area (TPSA) is 41.6 Å². The molecule has 0 bridgehead atoms. The van der Waals surface area contributed by atoms with Gasteiger partial charge in [-0.3, -0.25) is 4.79 Å². The molecule has 0 saturated carbocycles. The van der Waals surface area contributed by atoms with E-state index in [2.05, 4.69) is 21.2 Å². The smallest absolute Gasteiger partial charge is 0.255 e. The van der Waals surface area contributed by atoms with E-state index in [1.165, 1.54) is 6.42 Å². The Labute approximate surface area is 147 Å². The molecule has 124 valence electrons. The summed E-state index contributed by atoms with van der Waals surface area (Å²) in [6.07, 6.45) is 3.38. The van der Waals surface area contributed by atoms with E-state index in [0.29, 0.717) is 11.3 Å². The van der Waals surface area contributed by atoms with Gasteiger partial charge in [0.15, 0.2) is 0 Å². The summed E-state index contributed by atoms with van der Waals surface area (Å²) in [5, 5.41) is 3.19. The molecule has 1 N–H and O–H groups in total. The Kier molecular flexibility index (Phi) is 8.21. The van der Waals surface area contributed by atoms with E-state index in [1.807, 2.05) is 24.1 Å². The van der Waals surface area contributed by atoms with Gasteiger partial charge in [0.2, 0.25) is 0 Å². The van der Waals surface area contributed by atoms with E-state index in [1.54, 1.807) is 13.2 Å².